The Balaban J connectivity index is 2.73. The van der Waals surface area contributed by atoms with Crippen molar-refractivity contribution in [2.24, 2.45) is 11.8 Å². The van der Waals surface area contributed by atoms with Gasteiger partial charge in [-0.1, -0.05) is 31.5 Å². The summed E-state index contributed by atoms with van der Waals surface area (Å²) in [6.07, 6.45) is 0.577. The first kappa shape index (κ1) is 13.0. The number of carboxylic acid groups (broad SMARTS) is 1. The van der Waals surface area contributed by atoms with Crippen LogP contribution in [0.3, 0.4) is 0 Å². The Morgan fingerprint density at radius 1 is 1.50 bits per heavy atom. The Labute approximate surface area is 99.0 Å². The van der Waals surface area contributed by atoms with Crippen LogP contribution in [0.5, 0.6) is 0 Å². The average molecular weight is 245 g/mol. The molecule has 4 heteroatoms. The van der Waals surface area contributed by atoms with Crippen LogP contribution in [0.2, 0.25) is 5.02 Å². The second-order valence-corrected chi connectivity index (χ2v) is 4.46. The zero-order valence-electron chi connectivity index (χ0n) is 9.21. The molecule has 88 valence electrons. The van der Waals surface area contributed by atoms with Crippen LogP contribution < -0.4 is 0 Å². The molecule has 1 aromatic carbocycles. The average Bonchev–Trinajstić information content (AvgIpc) is 2.22. The van der Waals surface area contributed by atoms with Crippen molar-refractivity contribution in [2.45, 2.75) is 20.3 Å². The van der Waals surface area contributed by atoms with Gasteiger partial charge in [-0.3, -0.25) is 4.79 Å². The molecular weight excluding hydrogens is 231 g/mol. The molecule has 0 heterocycles. The van der Waals surface area contributed by atoms with E-state index < -0.39 is 17.7 Å². The lowest BCUT2D eigenvalue weighted by Crippen LogP contribution is -2.19. The Morgan fingerprint density at radius 3 is 2.62 bits per heavy atom. The fourth-order valence-electron chi connectivity index (χ4n) is 1.46. The zero-order chi connectivity index (χ0) is 12.3. The lowest BCUT2D eigenvalue weighted by atomic mass is 9.90. The monoisotopic (exact) mass is 244 g/mol. The molecule has 0 radical (unpaired) electrons. The van der Waals surface area contributed by atoms with Crippen LogP contribution in [0, 0.1) is 17.7 Å². The molecular formula is C12H14ClFO2. The Bertz CT molecular complexity index is 393. The lowest BCUT2D eigenvalue weighted by Gasteiger charge is -2.15. The van der Waals surface area contributed by atoms with Crippen LogP contribution in [0.4, 0.5) is 4.39 Å². The van der Waals surface area contributed by atoms with E-state index in [4.69, 9.17) is 16.7 Å². The normalized spacial score (nSPS) is 14.5. The molecule has 0 bridgehead atoms. The van der Waals surface area contributed by atoms with Gasteiger partial charge in [0.2, 0.25) is 0 Å². The van der Waals surface area contributed by atoms with E-state index in [9.17, 15) is 9.18 Å². The third-order valence-electron chi connectivity index (χ3n) is 2.78. The van der Waals surface area contributed by atoms with Crippen LogP contribution in [0.25, 0.3) is 0 Å². The standard InChI is InChI=1S/C12H14ClFO2/c1-7(8(2)12(15)16)5-9-3-4-11(14)10(13)6-9/h3-4,6-8H,5H2,1-2H3,(H,15,16). The second-order valence-electron chi connectivity index (χ2n) is 4.06. The number of aliphatic carboxylic acids is 1. The summed E-state index contributed by atoms with van der Waals surface area (Å²) in [6, 6.07) is 4.48. The number of carbonyl (C=O) groups is 1. The highest BCUT2D eigenvalue weighted by molar-refractivity contribution is 6.30. The molecule has 0 aliphatic heterocycles. The fourth-order valence-corrected chi connectivity index (χ4v) is 1.66. The van der Waals surface area contributed by atoms with Gasteiger partial charge in [0.05, 0.1) is 10.9 Å². The molecule has 2 atom stereocenters. The second kappa shape index (κ2) is 5.30. The van der Waals surface area contributed by atoms with Gasteiger partial charge >= 0.3 is 5.97 Å². The lowest BCUT2D eigenvalue weighted by molar-refractivity contribution is -0.142. The van der Waals surface area contributed by atoms with Crippen LogP contribution >= 0.6 is 11.6 Å². The van der Waals surface area contributed by atoms with E-state index >= 15 is 0 Å². The van der Waals surface area contributed by atoms with E-state index in [1.165, 1.54) is 6.07 Å². The minimum Gasteiger partial charge on any atom is -0.481 e. The highest BCUT2D eigenvalue weighted by Crippen LogP contribution is 2.21. The van der Waals surface area contributed by atoms with Crippen molar-refractivity contribution in [1.82, 2.24) is 0 Å². The number of hydrogen-bond donors (Lipinski definition) is 1. The predicted octanol–water partition coefficient (Wildman–Crippen LogP) is 3.38. The summed E-state index contributed by atoms with van der Waals surface area (Å²) in [7, 11) is 0. The van der Waals surface area contributed by atoms with Gasteiger partial charge in [0.1, 0.15) is 5.82 Å². The van der Waals surface area contributed by atoms with E-state index in [2.05, 4.69) is 0 Å². The van der Waals surface area contributed by atoms with E-state index in [-0.39, 0.29) is 10.9 Å². The van der Waals surface area contributed by atoms with Crippen molar-refractivity contribution in [3.05, 3.63) is 34.6 Å². The van der Waals surface area contributed by atoms with Crippen molar-refractivity contribution < 1.29 is 14.3 Å². The van der Waals surface area contributed by atoms with Crippen LogP contribution in [-0.2, 0) is 11.2 Å². The Hall–Kier alpha value is -1.09. The third kappa shape index (κ3) is 3.20. The molecule has 0 aromatic heterocycles. The Kier molecular flexibility index (Phi) is 4.30. The summed E-state index contributed by atoms with van der Waals surface area (Å²) in [5.74, 6) is -1.71. The highest BCUT2D eigenvalue weighted by Gasteiger charge is 2.19. The smallest absolute Gasteiger partial charge is 0.306 e. The summed E-state index contributed by atoms with van der Waals surface area (Å²) in [5, 5.41) is 8.92. The molecule has 2 nitrogen and oxygen atoms in total. The van der Waals surface area contributed by atoms with E-state index in [1.54, 1.807) is 19.1 Å². The number of benzene rings is 1. The van der Waals surface area contributed by atoms with Crippen LogP contribution in [-0.4, -0.2) is 11.1 Å². The Morgan fingerprint density at radius 2 is 2.12 bits per heavy atom. The molecule has 1 aromatic rings. The van der Waals surface area contributed by atoms with Gasteiger partial charge in [-0.15, -0.1) is 0 Å². The maximum absolute atomic E-state index is 12.9. The van der Waals surface area contributed by atoms with Gasteiger partial charge in [0, 0.05) is 0 Å². The van der Waals surface area contributed by atoms with Crippen molar-refractivity contribution in [3.63, 3.8) is 0 Å². The van der Waals surface area contributed by atoms with Crippen LogP contribution in [0.15, 0.2) is 18.2 Å². The van der Waals surface area contributed by atoms with Gasteiger partial charge in [0.25, 0.3) is 0 Å². The zero-order valence-corrected chi connectivity index (χ0v) is 9.96. The molecule has 0 fully saturated rings. The van der Waals surface area contributed by atoms with E-state index in [1.807, 2.05) is 6.92 Å². The number of hydrogen-bond acceptors (Lipinski definition) is 1. The van der Waals surface area contributed by atoms with Gasteiger partial charge in [-0.2, -0.15) is 0 Å². The summed E-state index contributed by atoms with van der Waals surface area (Å²) in [4.78, 5) is 10.8. The highest BCUT2D eigenvalue weighted by atomic mass is 35.5. The van der Waals surface area contributed by atoms with E-state index in [0.717, 1.165) is 5.56 Å². The molecule has 0 spiro atoms. The molecule has 1 rings (SSSR count). The minimum atomic E-state index is -0.819. The molecule has 0 saturated heterocycles. The topological polar surface area (TPSA) is 37.3 Å². The van der Waals surface area contributed by atoms with Gasteiger partial charge in [0.15, 0.2) is 0 Å². The third-order valence-corrected chi connectivity index (χ3v) is 3.07. The van der Waals surface area contributed by atoms with Crippen molar-refractivity contribution in [1.29, 1.82) is 0 Å². The first-order valence-corrected chi connectivity index (χ1v) is 5.46. The quantitative estimate of drug-likeness (QED) is 0.882. The summed E-state index contributed by atoms with van der Waals surface area (Å²) in [5.41, 5.74) is 0.854. The number of carboxylic acids is 1. The molecule has 2 unspecified atom stereocenters. The first-order chi connectivity index (χ1) is 7.41. The molecule has 1 N–H and O–H groups in total. The van der Waals surface area contributed by atoms with Crippen LogP contribution in [0.1, 0.15) is 19.4 Å². The first-order valence-electron chi connectivity index (χ1n) is 5.08. The van der Waals surface area contributed by atoms with Crippen molar-refractivity contribution in [2.75, 3.05) is 0 Å². The molecule has 0 aliphatic rings. The molecule has 16 heavy (non-hydrogen) atoms. The van der Waals surface area contributed by atoms with Gasteiger partial charge < -0.3 is 5.11 Å². The fraction of sp³-hybridized carbons (Fsp3) is 0.417. The van der Waals surface area contributed by atoms with Crippen molar-refractivity contribution >= 4 is 17.6 Å². The minimum absolute atomic E-state index is 0.0148. The maximum Gasteiger partial charge on any atom is 0.306 e. The van der Waals surface area contributed by atoms with Gasteiger partial charge in [-0.25, -0.2) is 4.39 Å². The summed E-state index contributed by atoms with van der Waals surface area (Å²) < 4.78 is 12.9. The molecule has 0 aliphatic carbocycles. The predicted molar refractivity (Wildman–Crippen MR) is 61.1 cm³/mol. The van der Waals surface area contributed by atoms with E-state index in [0.29, 0.717) is 6.42 Å². The van der Waals surface area contributed by atoms with Gasteiger partial charge in [-0.05, 0) is 30.0 Å². The summed E-state index contributed by atoms with van der Waals surface area (Å²) in [6.45, 7) is 3.52. The molecule has 0 saturated carbocycles. The number of halogens is 2. The van der Waals surface area contributed by atoms with Crippen molar-refractivity contribution in [3.8, 4) is 0 Å². The number of rotatable bonds is 4. The SMILES string of the molecule is CC(Cc1ccc(F)c(Cl)c1)C(C)C(=O)O. The largest absolute Gasteiger partial charge is 0.481 e. The molecule has 0 amide bonds. The summed E-state index contributed by atoms with van der Waals surface area (Å²) >= 11 is 5.65. The maximum atomic E-state index is 12.9.